The predicted octanol–water partition coefficient (Wildman–Crippen LogP) is 2.52. The topological polar surface area (TPSA) is 49.3 Å². The molecule has 7 heteroatoms. The summed E-state index contributed by atoms with van der Waals surface area (Å²) in [5.41, 5.74) is -0.872. The van der Waals surface area contributed by atoms with Crippen LogP contribution in [-0.2, 0) is 0 Å². The molecule has 1 aliphatic rings. The number of rotatable bonds is 3. The van der Waals surface area contributed by atoms with Crippen molar-refractivity contribution in [3.05, 3.63) is 34.9 Å². The van der Waals surface area contributed by atoms with Crippen molar-refractivity contribution in [2.75, 3.05) is 6.54 Å². The Morgan fingerprint density at radius 1 is 1.19 bits per heavy atom. The molecule has 0 aliphatic heterocycles. The van der Waals surface area contributed by atoms with E-state index in [1.54, 1.807) is 0 Å². The summed E-state index contributed by atoms with van der Waals surface area (Å²) in [6.07, 6.45) is 2.39. The van der Waals surface area contributed by atoms with Crippen molar-refractivity contribution in [3.63, 3.8) is 0 Å². The zero-order valence-corrected chi connectivity index (χ0v) is 11.1. The first kappa shape index (κ1) is 15.8. The molecule has 2 rings (SSSR count). The lowest BCUT2D eigenvalue weighted by atomic mass is 9.87. The molecule has 1 amide bonds. The lowest BCUT2D eigenvalue weighted by Crippen LogP contribution is -2.33. The summed E-state index contributed by atoms with van der Waals surface area (Å²) in [5.74, 6) is -8.27. The molecule has 1 aliphatic carbocycles. The van der Waals surface area contributed by atoms with Crippen molar-refractivity contribution in [2.45, 2.75) is 31.8 Å². The molecule has 0 radical (unpaired) electrons. The molecule has 0 bridgehead atoms. The zero-order valence-electron chi connectivity index (χ0n) is 11.1. The Kier molecular flexibility index (Phi) is 4.82. The van der Waals surface area contributed by atoms with E-state index >= 15 is 0 Å². The molecule has 0 saturated heterocycles. The Hall–Kier alpha value is -1.63. The third kappa shape index (κ3) is 3.53. The molecular weight excluding hydrogens is 290 g/mol. The van der Waals surface area contributed by atoms with Crippen LogP contribution in [0.2, 0.25) is 0 Å². The van der Waals surface area contributed by atoms with E-state index in [1.165, 1.54) is 0 Å². The number of aliphatic hydroxyl groups is 1. The smallest absolute Gasteiger partial charge is 0.254 e. The van der Waals surface area contributed by atoms with Gasteiger partial charge in [-0.15, -0.1) is 0 Å². The van der Waals surface area contributed by atoms with Crippen molar-refractivity contribution in [1.82, 2.24) is 5.32 Å². The number of benzene rings is 1. The molecule has 2 unspecified atom stereocenters. The largest absolute Gasteiger partial charge is 0.393 e. The van der Waals surface area contributed by atoms with Gasteiger partial charge in [0.25, 0.3) is 5.91 Å². The zero-order chi connectivity index (χ0) is 15.6. The van der Waals surface area contributed by atoms with Crippen molar-refractivity contribution in [1.29, 1.82) is 0 Å². The summed E-state index contributed by atoms with van der Waals surface area (Å²) in [7, 11) is 0. The third-order valence-electron chi connectivity index (χ3n) is 3.65. The van der Waals surface area contributed by atoms with Crippen LogP contribution in [0.15, 0.2) is 6.07 Å². The summed E-state index contributed by atoms with van der Waals surface area (Å²) in [5, 5.41) is 11.9. The Bertz CT molecular complexity index is 550. The van der Waals surface area contributed by atoms with Crippen LogP contribution in [0.25, 0.3) is 0 Å². The SMILES string of the molecule is O=C(NCC1CCCC(O)C1)c1cc(F)c(F)c(F)c1F. The normalized spacial score (nSPS) is 22.1. The van der Waals surface area contributed by atoms with Crippen molar-refractivity contribution >= 4 is 5.91 Å². The summed E-state index contributed by atoms with van der Waals surface area (Å²) in [6.45, 7) is 0.163. The molecule has 0 spiro atoms. The van der Waals surface area contributed by atoms with Gasteiger partial charge < -0.3 is 10.4 Å². The monoisotopic (exact) mass is 305 g/mol. The van der Waals surface area contributed by atoms with Crippen molar-refractivity contribution in [2.24, 2.45) is 5.92 Å². The van der Waals surface area contributed by atoms with Crippen LogP contribution in [0.3, 0.4) is 0 Å². The van der Waals surface area contributed by atoms with Gasteiger partial charge in [-0.05, 0) is 31.2 Å². The summed E-state index contributed by atoms with van der Waals surface area (Å²) >= 11 is 0. The maximum absolute atomic E-state index is 13.4. The van der Waals surface area contributed by atoms with Crippen LogP contribution in [0.5, 0.6) is 0 Å². The summed E-state index contributed by atoms with van der Waals surface area (Å²) < 4.78 is 52.3. The molecule has 21 heavy (non-hydrogen) atoms. The highest BCUT2D eigenvalue weighted by Gasteiger charge is 2.24. The van der Waals surface area contributed by atoms with Crippen molar-refractivity contribution < 1.29 is 27.5 Å². The minimum absolute atomic E-state index is 0.0240. The molecule has 116 valence electrons. The predicted molar refractivity (Wildman–Crippen MR) is 66.6 cm³/mol. The molecule has 1 aromatic carbocycles. The standard InChI is InChI=1S/C14H15F4NO2/c15-10-5-9(11(16)13(18)12(10)17)14(21)19-6-7-2-1-3-8(20)4-7/h5,7-8,20H,1-4,6H2,(H,19,21). The summed E-state index contributed by atoms with van der Waals surface area (Å²) in [4.78, 5) is 11.7. The van der Waals surface area contributed by atoms with Crippen LogP contribution < -0.4 is 5.32 Å². The van der Waals surface area contributed by atoms with Crippen LogP contribution >= 0.6 is 0 Å². The van der Waals surface area contributed by atoms with Gasteiger partial charge in [0.2, 0.25) is 0 Å². The average molecular weight is 305 g/mol. The first-order valence-corrected chi connectivity index (χ1v) is 6.69. The van der Waals surface area contributed by atoms with E-state index < -0.39 is 40.8 Å². The lowest BCUT2D eigenvalue weighted by molar-refractivity contribution is 0.0869. The maximum atomic E-state index is 13.4. The number of halogens is 4. The van der Waals surface area contributed by atoms with Crippen LogP contribution in [0.4, 0.5) is 17.6 Å². The van der Waals surface area contributed by atoms with E-state index in [0.717, 1.165) is 12.8 Å². The molecular formula is C14H15F4NO2. The van der Waals surface area contributed by atoms with Gasteiger partial charge in [-0.2, -0.15) is 0 Å². The Morgan fingerprint density at radius 2 is 1.90 bits per heavy atom. The van der Waals surface area contributed by atoms with Gasteiger partial charge in [-0.25, -0.2) is 17.6 Å². The molecule has 1 saturated carbocycles. The van der Waals surface area contributed by atoms with E-state index in [4.69, 9.17) is 0 Å². The minimum atomic E-state index is -2.01. The third-order valence-corrected chi connectivity index (χ3v) is 3.65. The molecule has 0 aromatic heterocycles. The van der Waals surface area contributed by atoms with Gasteiger partial charge in [-0.3, -0.25) is 4.79 Å². The fourth-order valence-corrected chi connectivity index (χ4v) is 2.52. The quantitative estimate of drug-likeness (QED) is 0.512. The lowest BCUT2D eigenvalue weighted by Gasteiger charge is -2.25. The maximum Gasteiger partial charge on any atom is 0.254 e. The van der Waals surface area contributed by atoms with E-state index in [9.17, 15) is 27.5 Å². The fraction of sp³-hybridized carbons (Fsp3) is 0.500. The second kappa shape index (κ2) is 6.43. The molecule has 1 fully saturated rings. The minimum Gasteiger partial charge on any atom is -0.393 e. The summed E-state index contributed by atoms with van der Waals surface area (Å²) in [6, 6.07) is 0.332. The van der Waals surface area contributed by atoms with E-state index in [0.29, 0.717) is 18.9 Å². The highest BCUT2D eigenvalue weighted by atomic mass is 19.2. The number of carbonyl (C=O) groups is 1. The average Bonchev–Trinajstić information content (AvgIpc) is 2.46. The molecule has 0 heterocycles. The molecule has 2 N–H and O–H groups in total. The van der Waals surface area contributed by atoms with Crippen LogP contribution in [0, 0.1) is 29.2 Å². The fourth-order valence-electron chi connectivity index (χ4n) is 2.52. The Labute approximate surface area is 119 Å². The van der Waals surface area contributed by atoms with Gasteiger partial charge >= 0.3 is 0 Å². The van der Waals surface area contributed by atoms with Crippen LogP contribution in [-0.4, -0.2) is 23.7 Å². The molecule has 3 nitrogen and oxygen atoms in total. The first-order valence-electron chi connectivity index (χ1n) is 6.69. The number of carbonyl (C=O) groups excluding carboxylic acids is 1. The number of hydrogen-bond donors (Lipinski definition) is 2. The Balaban J connectivity index is 2.04. The first-order chi connectivity index (χ1) is 9.90. The van der Waals surface area contributed by atoms with Gasteiger partial charge in [0.1, 0.15) is 0 Å². The van der Waals surface area contributed by atoms with Crippen LogP contribution in [0.1, 0.15) is 36.0 Å². The second-order valence-corrected chi connectivity index (χ2v) is 5.24. The number of hydrogen-bond acceptors (Lipinski definition) is 2. The van der Waals surface area contributed by atoms with E-state index in [1.807, 2.05) is 0 Å². The van der Waals surface area contributed by atoms with Crippen molar-refractivity contribution in [3.8, 4) is 0 Å². The van der Waals surface area contributed by atoms with Gasteiger partial charge in [0.15, 0.2) is 23.3 Å². The van der Waals surface area contributed by atoms with Gasteiger partial charge in [0, 0.05) is 6.54 Å². The number of nitrogens with one attached hydrogen (secondary N) is 1. The van der Waals surface area contributed by atoms with E-state index in [2.05, 4.69) is 5.32 Å². The number of amides is 1. The van der Waals surface area contributed by atoms with E-state index in [-0.39, 0.29) is 12.5 Å². The second-order valence-electron chi connectivity index (χ2n) is 5.24. The number of aliphatic hydroxyl groups excluding tert-OH is 1. The highest BCUT2D eigenvalue weighted by Crippen LogP contribution is 2.24. The molecule has 1 aromatic rings. The highest BCUT2D eigenvalue weighted by molar-refractivity contribution is 5.94. The van der Waals surface area contributed by atoms with Gasteiger partial charge in [-0.1, -0.05) is 6.42 Å². The Morgan fingerprint density at radius 3 is 2.57 bits per heavy atom. The molecule has 2 atom stereocenters. The van der Waals surface area contributed by atoms with Gasteiger partial charge in [0.05, 0.1) is 11.7 Å².